The van der Waals surface area contributed by atoms with Crippen LogP contribution in [0.2, 0.25) is 5.02 Å². The highest BCUT2D eigenvalue weighted by atomic mass is 35.5. The van der Waals surface area contributed by atoms with Gasteiger partial charge in [0.25, 0.3) is 0 Å². The molecule has 0 atom stereocenters. The van der Waals surface area contributed by atoms with Gasteiger partial charge in [-0.15, -0.1) is 0 Å². The molecule has 116 valence electrons. The average molecular weight is 310 g/mol. The minimum Gasteiger partial charge on any atom is -0.361 e. The summed E-state index contributed by atoms with van der Waals surface area (Å²) in [4.78, 5) is 16.0. The SMILES string of the molecule is CCCNCc1cccc(Cl)c1N1CCCN(C)C(=O)C1. The van der Waals surface area contributed by atoms with Crippen molar-refractivity contribution in [1.29, 1.82) is 0 Å². The number of likely N-dealkylation sites (N-methyl/N-ethyl adjacent to an activating group) is 1. The molecular weight excluding hydrogens is 286 g/mol. The predicted octanol–water partition coefficient (Wildman–Crippen LogP) is 2.51. The van der Waals surface area contributed by atoms with Gasteiger partial charge in [0.05, 0.1) is 17.3 Å². The third kappa shape index (κ3) is 4.11. The maximum Gasteiger partial charge on any atom is 0.241 e. The molecule has 0 radical (unpaired) electrons. The van der Waals surface area contributed by atoms with Crippen molar-refractivity contribution >= 4 is 23.2 Å². The van der Waals surface area contributed by atoms with Gasteiger partial charge < -0.3 is 15.1 Å². The van der Waals surface area contributed by atoms with E-state index in [0.29, 0.717) is 6.54 Å². The third-order valence-corrected chi connectivity index (χ3v) is 4.11. The zero-order valence-electron chi connectivity index (χ0n) is 12.9. The molecule has 1 aliphatic rings. The fraction of sp³-hybridized carbons (Fsp3) is 0.562. The van der Waals surface area contributed by atoms with Crippen LogP contribution in [0.3, 0.4) is 0 Å². The maximum atomic E-state index is 12.1. The van der Waals surface area contributed by atoms with Crippen molar-refractivity contribution in [3.05, 3.63) is 28.8 Å². The lowest BCUT2D eigenvalue weighted by Crippen LogP contribution is -2.35. The van der Waals surface area contributed by atoms with E-state index in [1.54, 1.807) is 4.90 Å². The topological polar surface area (TPSA) is 35.6 Å². The van der Waals surface area contributed by atoms with E-state index in [-0.39, 0.29) is 5.91 Å². The fourth-order valence-corrected chi connectivity index (χ4v) is 2.95. The van der Waals surface area contributed by atoms with Crippen molar-refractivity contribution in [3.8, 4) is 0 Å². The number of amides is 1. The van der Waals surface area contributed by atoms with Crippen LogP contribution in [-0.2, 0) is 11.3 Å². The van der Waals surface area contributed by atoms with Gasteiger partial charge in [-0.1, -0.05) is 30.7 Å². The molecule has 1 aromatic rings. The van der Waals surface area contributed by atoms with E-state index < -0.39 is 0 Å². The van der Waals surface area contributed by atoms with Gasteiger partial charge in [0.1, 0.15) is 0 Å². The lowest BCUT2D eigenvalue weighted by Gasteiger charge is -2.26. The van der Waals surface area contributed by atoms with E-state index in [1.807, 2.05) is 19.2 Å². The molecule has 0 aromatic heterocycles. The number of nitrogens with one attached hydrogen (secondary N) is 1. The van der Waals surface area contributed by atoms with Gasteiger partial charge in [-0.25, -0.2) is 0 Å². The highest BCUT2D eigenvalue weighted by Gasteiger charge is 2.22. The zero-order valence-corrected chi connectivity index (χ0v) is 13.6. The number of nitrogens with zero attached hydrogens (tertiary/aromatic N) is 2. The Morgan fingerprint density at radius 3 is 2.90 bits per heavy atom. The minimum atomic E-state index is 0.153. The van der Waals surface area contributed by atoms with Gasteiger partial charge in [-0.2, -0.15) is 0 Å². The van der Waals surface area contributed by atoms with Gasteiger partial charge in [0, 0.05) is 26.7 Å². The van der Waals surface area contributed by atoms with Crippen molar-refractivity contribution in [2.24, 2.45) is 0 Å². The average Bonchev–Trinajstić information content (AvgIpc) is 2.61. The Kier molecular flexibility index (Phi) is 5.88. The smallest absolute Gasteiger partial charge is 0.241 e. The van der Waals surface area contributed by atoms with Crippen LogP contribution in [0, 0.1) is 0 Å². The first kappa shape index (κ1) is 16.1. The summed E-state index contributed by atoms with van der Waals surface area (Å²) in [5, 5.41) is 4.14. The van der Waals surface area contributed by atoms with E-state index in [9.17, 15) is 4.79 Å². The highest BCUT2D eigenvalue weighted by Crippen LogP contribution is 2.30. The first-order valence-electron chi connectivity index (χ1n) is 7.60. The Balaban J connectivity index is 2.22. The molecule has 0 aliphatic carbocycles. The van der Waals surface area contributed by atoms with E-state index >= 15 is 0 Å². The number of benzene rings is 1. The largest absolute Gasteiger partial charge is 0.361 e. The third-order valence-electron chi connectivity index (χ3n) is 3.80. The molecule has 1 amide bonds. The number of anilines is 1. The number of hydrogen-bond donors (Lipinski definition) is 1. The van der Waals surface area contributed by atoms with Gasteiger partial charge >= 0.3 is 0 Å². The summed E-state index contributed by atoms with van der Waals surface area (Å²) in [7, 11) is 1.86. The summed E-state index contributed by atoms with van der Waals surface area (Å²) in [5.41, 5.74) is 2.17. The molecule has 21 heavy (non-hydrogen) atoms. The monoisotopic (exact) mass is 309 g/mol. The van der Waals surface area contributed by atoms with Crippen molar-refractivity contribution in [3.63, 3.8) is 0 Å². The summed E-state index contributed by atoms with van der Waals surface area (Å²) < 4.78 is 0. The predicted molar refractivity (Wildman–Crippen MR) is 87.9 cm³/mol. The Morgan fingerprint density at radius 2 is 2.14 bits per heavy atom. The molecule has 0 saturated carbocycles. The Bertz CT molecular complexity index is 492. The number of hydrogen-bond acceptors (Lipinski definition) is 3. The van der Waals surface area contributed by atoms with Gasteiger partial charge in [0.2, 0.25) is 5.91 Å². The second-order valence-corrected chi connectivity index (χ2v) is 5.92. The van der Waals surface area contributed by atoms with Crippen LogP contribution in [0.25, 0.3) is 0 Å². The van der Waals surface area contributed by atoms with Crippen molar-refractivity contribution in [1.82, 2.24) is 10.2 Å². The van der Waals surface area contributed by atoms with E-state index in [0.717, 1.165) is 55.3 Å². The van der Waals surface area contributed by atoms with Crippen LogP contribution in [0.1, 0.15) is 25.3 Å². The molecule has 1 aromatic carbocycles. The number of halogens is 1. The fourth-order valence-electron chi connectivity index (χ4n) is 2.63. The molecule has 0 unspecified atom stereocenters. The van der Waals surface area contributed by atoms with E-state index in [1.165, 1.54) is 0 Å². The van der Waals surface area contributed by atoms with Crippen molar-refractivity contribution in [2.45, 2.75) is 26.3 Å². The Hall–Kier alpha value is -1.26. The summed E-state index contributed by atoms with van der Waals surface area (Å²) in [5.74, 6) is 0.153. The number of rotatable bonds is 5. The van der Waals surface area contributed by atoms with Crippen LogP contribution in [0.5, 0.6) is 0 Å². The molecular formula is C16H24ClN3O. The van der Waals surface area contributed by atoms with Gasteiger partial charge in [0.15, 0.2) is 0 Å². The first-order valence-corrected chi connectivity index (χ1v) is 7.98. The molecule has 0 spiro atoms. The Labute approximate surface area is 132 Å². The van der Waals surface area contributed by atoms with Crippen LogP contribution in [0.4, 0.5) is 5.69 Å². The first-order chi connectivity index (χ1) is 10.1. The van der Waals surface area contributed by atoms with E-state index in [4.69, 9.17) is 11.6 Å². The van der Waals surface area contributed by atoms with E-state index in [2.05, 4.69) is 23.2 Å². The summed E-state index contributed by atoms with van der Waals surface area (Å²) in [6.45, 7) is 5.98. The molecule has 5 heteroatoms. The molecule has 1 N–H and O–H groups in total. The maximum absolute atomic E-state index is 12.1. The molecule has 2 rings (SSSR count). The van der Waals surface area contributed by atoms with Crippen molar-refractivity contribution < 1.29 is 4.79 Å². The normalized spacial score (nSPS) is 16.2. The lowest BCUT2D eigenvalue weighted by atomic mass is 10.1. The number of carbonyl (C=O) groups excluding carboxylic acids is 1. The molecule has 1 saturated heterocycles. The van der Waals surface area contributed by atoms with Gasteiger partial charge in [-0.05, 0) is 31.0 Å². The second kappa shape index (κ2) is 7.66. The molecule has 1 heterocycles. The molecule has 1 aliphatic heterocycles. The zero-order chi connectivity index (χ0) is 15.2. The summed E-state index contributed by atoms with van der Waals surface area (Å²) in [6, 6.07) is 5.96. The van der Waals surface area contributed by atoms with Crippen molar-refractivity contribution in [2.75, 3.05) is 38.1 Å². The molecule has 0 bridgehead atoms. The number of carbonyl (C=O) groups is 1. The minimum absolute atomic E-state index is 0.153. The summed E-state index contributed by atoms with van der Waals surface area (Å²) in [6.07, 6.45) is 2.07. The van der Waals surface area contributed by atoms with Crippen LogP contribution in [0.15, 0.2) is 18.2 Å². The second-order valence-electron chi connectivity index (χ2n) is 5.51. The lowest BCUT2D eigenvalue weighted by molar-refractivity contribution is -0.127. The van der Waals surface area contributed by atoms with Gasteiger partial charge in [-0.3, -0.25) is 4.79 Å². The molecule has 4 nitrogen and oxygen atoms in total. The Morgan fingerprint density at radius 1 is 1.33 bits per heavy atom. The summed E-state index contributed by atoms with van der Waals surface area (Å²) >= 11 is 6.42. The molecule has 1 fully saturated rings. The van der Waals surface area contributed by atoms with Crippen LogP contribution >= 0.6 is 11.6 Å². The standard InChI is InChI=1S/C16H24ClN3O/c1-3-8-18-11-13-6-4-7-14(17)16(13)20-10-5-9-19(2)15(21)12-20/h4,6-7,18H,3,5,8-12H2,1-2H3. The number of para-hydroxylation sites is 1. The van der Waals surface area contributed by atoms with Crippen LogP contribution in [-0.4, -0.2) is 44.0 Å². The van der Waals surface area contributed by atoms with Crippen LogP contribution < -0.4 is 10.2 Å². The highest BCUT2D eigenvalue weighted by molar-refractivity contribution is 6.33. The quantitative estimate of drug-likeness (QED) is 0.849.